The van der Waals surface area contributed by atoms with Crippen molar-refractivity contribution < 1.29 is 14.3 Å². The van der Waals surface area contributed by atoms with Gasteiger partial charge in [-0.2, -0.15) is 5.26 Å². The van der Waals surface area contributed by atoms with Crippen molar-refractivity contribution in [3.05, 3.63) is 84.9 Å². The predicted octanol–water partition coefficient (Wildman–Crippen LogP) is 5.73. The molecule has 0 atom stereocenters. The van der Waals surface area contributed by atoms with Gasteiger partial charge < -0.3 is 14.4 Å². The molecule has 0 spiro atoms. The van der Waals surface area contributed by atoms with Gasteiger partial charge in [-0.15, -0.1) is 0 Å². The van der Waals surface area contributed by atoms with Crippen LogP contribution in [0.5, 0.6) is 11.5 Å². The van der Waals surface area contributed by atoms with Gasteiger partial charge in [0.15, 0.2) is 6.61 Å². The van der Waals surface area contributed by atoms with Crippen LogP contribution in [0.2, 0.25) is 0 Å². The number of hydrogen-bond donors (Lipinski definition) is 0. The summed E-state index contributed by atoms with van der Waals surface area (Å²) in [7, 11) is 1.64. The minimum Gasteiger partial charge on any atom is -0.497 e. The van der Waals surface area contributed by atoms with E-state index in [1.54, 1.807) is 12.0 Å². The number of carbonyl (C=O) groups excluding carboxylic acids is 1. The van der Waals surface area contributed by atoms with E-state index >= 15 is 0 Å². The van der Waals surface area contributed by atoms with E-state index in [4.69, 9.17) is 19.7 Å². The molecule has 0 N–H and O–H groups in total. The standard InChI is InChI=1S/C29H23N3O3/c1-34-24-11-8-21(9-12-24)25-16-23(20-6-3-2-4-7-20)17-26(31-25)22-10-13-28-27(18-22)32(15-5-14-30)29(33)19-35-28/h2-4,6-13,16-18H,5,15,19H2,1H3. The first-order valence-electron chi connectivity index (χ1n) is 11.3. The largest absolute Gasteiger partial charge is 0.497 e. The number of aromatic nitrogens is 1. The molecular weight excluding hydrogens is 438 g/mol. The zero-order valence-corrected chi connectivity index (χ0v) is 19.3. The molecule has 4 aromatic rings. The lowest BCUT2D eigenvalue weighted by Gasteiger charge is -2.29. The number of carbonyl (C=O) groups is 1. The fourth-order valence-electron chi connectivity index (χ4n) is 4.15. The number of amides is 1. The summed E-state index contributed by atoms with van der Waals surface area (Å²) in [5.74, 6) is 1.25. The maximum absolute atomic E-state index is 12.5. The second-order valence-electron chi connectivity index (χ2n) is 8.15. The maximum Gasteiger partial charge on any atom is 0.265 e. The average Bonchev–Trinajstić information content (AvgIpc) is 2.92. The summed E-state index contributed by atoms with van der Waals surface area (Å²) < 4.78 is 10.9. The Balaban J connectivity index is 1.63. The van der Waals surface area contributed by atoms with Crippen molar-refractivity contribution >= 4 is 11.6 Å². The Bertz CT molecular complexity index is 1410. The molecule has 1 aromatic heterocycles. The average molecular weight is 462 g/mol. The van der Waals surface area contributed by atoms with Crippen LogP contribution in [0.15, 0.2) is 84.9 Å². The van der Waals surface area contributed by atoms with Crippen molar-refractivity contribution in [2.75, 3.05) is 25.2 Å². The van der Waals surface area contributed by atoms with Gasteiger partial charge >= 0.3 is 0 Å². The molecule has 0 radical (unpaired) electrons. The monoisotopic (exact) mass is 461 g/mol. The Morgan fingerprint density at radius 2 is 1.63 bits per heavy atom. The van der Waals surface area contributed by atoms with E-state index in [9.17, 15) is 4.79 Å². The van der Waals surface area contributed by atoms with E-state index in [1.165, 1.54) is 0 Å². The van der Waals surface area contributed by atoms with Crippen LogP contribution in [0, 0.1) is 11.3 Å². The Morgan fingerprint density at radius 3 is 2.34 bits per heavy atom. The van der Waals surface area contributed by atoms with Crippen molar-refractivity contribution in [3.8, 4) is 51.2 Å². The first kappa shape index (κ1) is 22.2. The number of methoxy groups -OCH3 is 1. The topological polar surface area (TPSA) is 75.5 Å². The van der Waals surface area contributed by atoms with E-state index in [-0.39, 0.29) is 18.9 Å². The van der Waals surface area contributed by atoms with Gasteiger partial charge in [-0.1, -0.05) is 30.3 Å². The molecule has 0 saturated carbocycles. The van der Waals surface area contributed by atoms with Gasteiger partial charge in [0, 0.05) is 17.7 Å². The summed E-state index contributed by atoms with van der Waals surface area (Å²) in [6, 6.07) is 29.9. The predicted molar refractivity (Wildman–Crippen MR) is 135 cm³/mol. The first-order chi connectivity index (χ1) is 17.2. The van der Waals surface area contributed by atoms with Crippen molar-refractivity contribution in [3.63, 3.8) is 0 Å². The molecule has 1 aliphatic rings. The summed E-state index contributed by atoms with van der Waals surface area (Å²) in [6.45, 7) is 0.296. The van der Waals surface area contributed by atoms with Crippen LogP contribution in [-0.2, 0) is 4.79 Å². The Hall–Kier alpha value is -4.63. The molecule has 0 saturated heterocycles. The summed E-state index contributed by atoms with van der Waals surface area (Å²) >= 11 is 0. The number of anilines is 1. The van der Waals surface area contributed by atoms with Crippen LogP contribution < -0.4 is 14.4 Å². The molecule has 1 aliphatic heterocycles. The third kappa shape index (κ3) is 4.57. The Kier molecular flexibility index (Phi) is 6.15. The van der Waals surface area contributed by atoms with Gasteiger partial charge in [-0.25, -0.2) is 4.98 Å². The lowest BCUT2D eigenvalue weighted by atomic mass is 9.99. The molecule has 0 aliphatic carbocycles. The number of benzene rings is 3. The van der Waals surface area contributed by atoms with E-state index < -0.39 is 0 Å². The number of pyridine rings is 1. The van der Waals surface area contributed by atoms with E-state index in [2.05, 4.69) is 30.3 Å². The molecule has 172 valence electrons. The van der Waals surface area contributed by atoms with E-state index in [1.807, 2.05) is 60.7 Å². The van der Waals surface area contributed by atoms with Crippen LogP contribution in [0.3, 0.4) is 0 Å². The number of hydrogen-bond acceptors (Lipinski definition) is 5. The Morgan fingerprint density at radius 1 is 0.914 bits per heavy atom. The van der Waals surface area contributed by atoms with Gasteiger partial charge in [0.25, 0.3) is 5.91 Å². The maximum atomic E-state index is 12.5. The minimum atomic E-state index is -0.158. The fourth-order valence-corrected chi connectivity index (χ4v) is 4.15. The lowest BCUT2D eigenvalue weighted by Crippen LogP contribution is -2.39. The highest BCUT2D eigenvalue weighted by atomic mass is 16.5. The first-order valence-corrected chi connectivity index (χ1v) is 11.3. The van der Waals surface area contributed by atoms with Crippen LogP contribution in [-0.4, -0.2) is 31.2 Å². The molecule has 1 amide bonds. The van der Waals surface area contributed by atoms with Crippen molar-refractivity contribution in [1.29, 1.82) is 5.26 Å². The van der Waals surface area contributed by atoms with Crippen LogP contribution in [0.1, 0.15) is 6.42 Å². The molecule has 35 heavy (non-hydrogen) atoms. The molecular formula is C29H23N3O3. The highest BCUT2D eigenvalue weighted by Gasteiger charge is 2.26. The van der Waals surface area contributed by atoms with E-state index in [0.29, 0.717) is 18.0 Å². The smallest absolute Gasteiger partial charge is 0.265 e. The van der Waals surface area contributed by atoms with Gasteiger partial charge in [0.05, 0.1) is 36.7 Å². The number of nitrogens with zero attached hydrogens (tertiary/aromatic N) is 3. The van der Waals surface area contributed by atoms with Gasteiger partial charge in [0.1, 0.15) is 11.5 Å². The summed E-state index contributed by atoms with van der Waals surface area (Å²) in [6.07, 6.45) is 0.249. The molecule has 0 unspecified atom stereocenters. The van der Waals surface area contributed by atoms with Crippen molar-refractivity contribution in [1.82, 2.24) is 4.98 Å². The minimum absolute atomic E-state index is 0.0267. The van der Waals surface area contributed by atoms with Gasteiger partial charge in [-0.05, 0) is 65.7 Å². The second kappa shape index (κ2) is 9.70. The Labute approximate surface area is 204 Å². The second-order valence-corrected chi connectivity index (χ2v) is 8.15. The van der Waals surface area contributed by atoms with Crippen LogP contribution in [0.4, 0.5) is 5.69 Å². The third-order valence-electron chi connectivity index (χ3n) is 5.96. The quantitative estimate of drug-likeness (QED) is 0.367. The van der Waals surface area contributed by atoms with Crippen LogP contribution >= 0.6 is 0 Å². The van der Waals surface area contributed by atoms with Gasteiger partial charge in [0.2, 0.25) is 0 Å². The zero-order valence-electron chi connectivity index (χ0n) is 19.3. The zero-order chi connectivity index (χ0) is 24.2. The van der Waals surface area contributed by atoms with E-state index in [0.717, 1.165) is 39.4 Å². The third-order valence-corrected chi connectivity index (χ3v) is 5.96. The van der Waals surface area contributed by atoms with Crippen LogP contribution in [0.25, 0.3) is 33.6 Å². The molecule has 6 heteroatoms. The fraction of sp³-hybridized carbons (Fsp3) is 0.138. The molecule has 0 fully saturated rings. The molecule has 2 heterocycles. The SMILES string of the molecule is COc1ccc(-c2cc(-c3ccccc3)cc(-c3ccc4c(c3)N(CCC#N)C(=O)CO4)n2)cc1. The van der Waals surface area contributed by atoms with Gasteiger partial charge in [-0.3, -0.25) is 4.79 Å². The summed E-state index contributed by atoms with van der Waals surface area (Å²) in [5, 5.41) is 9.04. The number of nitriles is 1. The molecule has 0 bridgehead atoms. The van der Waals surface area contributed by atoms with Crippen molar-refractivity contribution in [2.24, 2.45) is 0 Å². The lowest BCUT2D eigenvalue weighted by molar-refractivity contribution is -0.121. The highest BCUT2D eigenvalue weighted by molar-refractivity contribution is 5.98. The number of ether oxygens (including phenoxy) is 2. The van der Waals surface area contributed by atoms with Crippen molar-refractivity contribution in [2.45, 2.75) is 6.42 Å². The summed E-state index contributed by atoms with van der Waals surface area (Å²) in [4.78, 5) is 19.1. The molecule has 6 nitrogen and oxygen atoms in total. The molecule has 5 rings (SSSR count). The highest BCUT2D eigenvalue weighted by Crippen LogP contribution is 2.37. The normalized spacial score (nSPS) is 12.5. The number of rotatable bonds is 6. The number of fused-ring (bicyclic) bond motifs is 1. The summed E-state index contributed by atoms with van der Waals surface area (Å²) in [5.41, 5.74) is 6.21. The molecule has 3 aromatic carbocycles.